The van der Waals surface area contributed by atoms with E-state index in [9.17, 15) is 9.36 Å². The first-order valence-corrected chi connectivity index (χ1v) is 21.5. The molecule has 50 heavy (non-hydrogen) atoms. The molecule has 9 atom stereocenters. The van der Waals surface area contributed by atoms with Crippen molar-refractivity contribution in [2.24, 2.45) is 0 Å². The molecule has 0 saturated carbocycles. The van der Waals surface area contributed by atoms with Crippen LogP contribution in [0, 0.1) is 12.3 Å². The Morgan fingerprint density at radius 3 is 2.30 bits per heavy atom. The van der Waals surface area contributed by atoms with E-state index in [-0.39, 0.29) is 60.4 Å². The smallest absolute Gasteiger partial charge is 0.373 e. The van der Waals surface area contributed by atoms with E-state index in [2.05, 4.69) is 31.2 Å². The molecule has 1 aromatic rings. The summed E-state index contributed by atoms with van der Waals surface area (Å²) in [5, 5.41) is 2.73. The predicted octanol–water partition coefficient (Wildman–Crippen LogP) is 8.15. The van der Waals surface area contributed by atoms with Gasteiger partial charge in [-0.1, -0.05) is 45.7 Å². The first-order chi connectivity index (χ1) is 23.5. The van der Waals surface area contributed by atoms with Crippen molar-refractivity contribution < 1.29 is 41.9 Å². The first kappa shape index (κ1) is 43.3. The van der Waals surface area contributed by atoms with Crippen LogP contribution in [0.2, 0.25) is 0 Å². The lowest BCUT2D eigenvalue weighted by Crippen LogP contribution is -2.39. The molecule has 1 amide bonds. The Bertz CT molecular complexity index is 1290. The summed E-state index contributed by atoms with van der Waals surface area (Å²) in [6.07, 6.45) is 5.35. The highest BCUT2D eigenvalue weighted by molar-refractivity contribution is 8.77. The number of phosphoric acid groups is 1. The summed E-state index contributed by atoms with van der Waals surface area (Å²) in [7, 11) is -0.790. The number of carbonyl (C=O) groups is 1. The monoisotopic (exact) mass is 757 g/mol. The number of amides is 1. The van der Waals surface area contributed by atoms with E-state index in [4.69, 9.17) is 38.9 Å². The Morgan fingerprint density at radius 2 is 1.66 bits per heavy atom. The Kier molecular flexibility index (Phi) is 17.7. The van der Waals surface area contributed by atoms with E-state index in [1.54, 1.807) is 21.6 Å². The third-order valence-electron chi connectivity index (χ3n) is 8.35. The molecule has 2 aliphatic rings. The maximum Gasteiger partial charge on any atom is 0.475 e. The van der Waals surface area contributed by atoms with Crippen LogP contribution in [0.25, 0.3) is 0 Å². The maximum absolute atomic E-state index is 14.7. The topological polar surface area (TPSA) is 111 Å². The lowest BCUT2D eigenvalue weighted by atomic mass is 10.1. The molecule has 0 aromatic heterocycles. The van der Waals surface area contributed by atoms with Gasteiger partial charge in [-0.2, -0.15) is 0 Å². The first-order valence-electron chi connectivity index (χ1n) is 17.9. The zero-order valence-corrected chi connectivity index (χ0v) is 34.1. The molecule has 2 aliphatic heterocycles. The van der Waals surface area contributed by atoms with Crippen LogP contribution in [0.3, 0.4) is 0 Å². The van der Waals surface area contributed by atoms with Gasteiger partial charge in [-0.05, 0) is 93.7 Å². The standard InChI is InChI=1S/C37H60NO9PS2/c1-12-20-38-34(39)17-19-37(10,11)50-49-33-16-14-13-15-30(33)18-21-41-48(40,46-29(9)36-31(43-25(4)5)22-26(6)45-36)47-32-23-27(7)44-35(32)28(8)42-24(2)3/h1,13-16,24-29,31-32,35-36H,17-23H2,2-11H3,(H,38,39)/t26-,27-,28?,29?,31+,32+,35+,36+,48?/m0/s1. The molecule has 10 nitrogen and oxygen atoms in total. The molecule has 2 heterocycles. The fraction of sp³-hybridized carbons (Fsp3) is 0.757. The number of hydrogen-bond acceptors (Lipinski definition) is 11. The second-order valence-electron chi connectivity index (χ2n) is 14.4. The highest BCUT2D eigenvalue weighted by Gasteiger charge is 2.47. The van der Waals surface area contributed by atoms with Gasteiger partial charge in [-0.15, -0.1) is 6.42 Å². The van der Waals surface area contributed by atoms with Gasteiger partial charge in [-0.3, -0.25) is 18.4 Å². The van der Waals surface area contributed by atoms with Crippen molar-refractivity contribution >= 4 is 35.3 Å². The van der Waals surface area contributed by atoms with Gasteiger partial charge in [0.05, 0.1) is 55.9 Å². The largest absolute Gasteiger partial charge is 0.475 e. The van der Waals surface area contributed by atoms with Gasteiger partial charge in [-0.25, -0.2) is 4.57 Å². The summed E-state index contributed by atoms with van der Waals surface area (Å²) in [6, 6.07) is 8.07. The SMILES string of the molecule is C#CCNC(=O)CCC(C)(C)SSc1ccccc1CCOP(=O)(OC(C)[C@H]1O[C@@H](C)C[C@H]1OC(C)C)O[C@@H]1C[C@H](C)O[C@@H]1C(C)OC(C)C. The van der Waals surface area contributed by atoms with Crippen molar-refractivity contribution in [2.75, 3.05) is 13.2 Å². The van der Waals surface area contributed by atoms with Gasteiger partial charge >= 0.3 is 7.82 Å². The highest BCUT2D eigenvalue weighted by atomic mass is 33.1. The zero-order chi connectivity index (χ0) is 37.1. The Morgan fingerprint density at radius 1 is 1.02 bits per heavy atom. The van der Waals surface area contributed by atoms with Crippen LogP contribution in [0.1, 0.15) is 100 Å². The molecule has 284 valence electrons. The van der Waals surface area contributed by atoms with Crippen molar-refractivity contribution in [1.82, 2.24) is 5.32 Å². The third kappa shape index (κ3) is 14.4. The van der Waals surface area contributed by atoms with Crippen molar-refractivity contribution in [3.63, 3.8) is 0 Å². The van der Waals surface area contributed by atoms with E-state index in [0.29, 0.717) is 32.1 Å². The molecule has 0 aliphatic carbocycles. The highest BCUT2D eigenvalue weighted by Crippen LogP contribution is 2.55. The molecule has 1 N–H and O–H groups in total. The predicted molar refractivity (Wildman–Crippen MR) is 201 cm³/mol. The van der Waals surface area contributed by atoms with Crippen molar-refractivity contribution in [1.29, 1.82) is 0 Å². The Balaban J connectivity index is 1.73. The minimum atomic E-state index is -4.15. The number of phosphoric ester groups is 1. The summed E-state index contributed by atoms with van der Waals surface area (Å²) in [5.41, 5.74) is 1.04. The van der Waals surface area contributed by atoms with Crippen LogP contribution in [-0.4, -0.2) is 84.8 Å². The van der Waals surface area contributed by atoms with Gasteiger partial charge in [0, 0.05) is 28.9 Å². The van der Waals surface area contributed by atoms with Crippen molar-refractivity contribution in [3.05, 3.63) is 29.8 Å². The zero-order valence-electron chi connectivity index (χ0n) is 31.5. The summed E-state index contributed by atoms with van der Waals surface area (Å²) in [6.45, 7) is 20.2. The number of benzene rings is 1. The van der Waals surface area contributed by atoms with E-state index in [1.807, 2.05) is 73.6 Å². The molecule has 2 saturated heterocycles. The second-order valence-corrected chi connectivity index (χ2v) is 18.9. The minimum Gasteiger partial charge on any atom is -0.373 e. The molecule has 0 spiro atoms. The minimum absolute atomic E-state index is 0.00305. The molecule has 13 heteroatoms. The molecule has 1 aromatic carbocycles. The third-order valence-corrected chi connectivity index (χ3v) is 13.4. The lowest BCUT2D eigenvalue weighted by Gasteiger charge is -2.32. The molecular weight excluding hydrogens is 698 g/mol. The summed E-state index contributed by atoms with van der Waals surface area (Å²) < 4.78 is 57.9. The van der Waals surface area contributed by atoms with Gasteiger partial charge in [0.25, 0.3) is 0 Å². The second kappa shape index (κ2) is 20.4. The van der Waals surface area contributed by atoms with Crippen LogP contribution in [0.5, 0.6) is 0 Å². The summed E-state index contributed by atoms with van der Waals surface area (Å²) in [5.74, 6) is 2.38. The molecule has 0 bridgehead atoms. The average molecular weight is 758 g/mol. The maximum atomic E-state index is 14.7. The van der Waals surface area contributed by atoms with Crippen molar-refractivity contribution in [3.8, 4) is 12.3 Å². The van der Waals surface area contributed by atoms with Crippen LogP contribution < -0.4 is 5.32 Å². The summed E-state index contributed by atoms with van der Waals surface area (Å²) in [4.78, 5) is 13.2. The van der Waals surface area contributed by atoms with Gasteiger partial charge in [0.15, 0.2) is 0 Å². The molecular formula is C37H60NO9PS2. The average Bonchev–Trinajstić information content (AvgIpc) is 3.58. The van der Waals surface area contributed by atoms with Crippen LogP contribution >= 0.6 is 29.4 Å². The van der Waals surface area contributed by atoms with Crippen LogP contribution in [-0.2, 0) is 48.3 Å². The Hall–Kier alpha value is -1.10. The van der Waals surface area contributed by atoms with Gasteiger partial charge in [0.2, 0.25) is 5.91 Å². The molecule has 3 unspecified atom stereocenters. The fourth-order valence-corrected chi connectivity index (χ4v) is 10.2. The van der Waals surface area contributed by atoms with Gasteiger partial charge in [0.1, 0.15) is 18.3 Å². The molecule has 2 fully saturated rings. The molecule has 0 radical (unpaired) electrons. The number of hydrogen-bond donors (Lipinski definition) is 1. The van der Waals surface area contributed by atoms with E-state index >= 15 is 0 Å². The fourth-order valence-electron chi connectivity index (χ4n) is 6.09. The Labute approximate surface area is 308 Å². The number of carbonyl (C=O) groups excluding carboxylic acids is 1. The molecule has 3 rings (SSSR count). The lowest BCUT2D eigenvalue weighted by molar-refractivity contribution is -0.121. The number of nitrogens with one attached hydrogen (secondary N) is 1. The quantitative estimate of drug-likeness (QED) is 0.0745. The van der Waals surface area contributed by atoms with Gasteiger partial charge < -0.3 is 24.3 Å². The number of terminal acetylenes is 1. The van der Waals surface area contributed by atoms with E-state index in [0.717, 1.165) is 10.5 Å². The number of rotatable bonds is 21. The van der Waals surface area contributed by atoms with E-state index < -0.39 is 32.2 Å². The number of ether oxygens (including phenoxy) is 4. The normalized spacial score (nSPS) is 26.5. The van der Waals surface area contributed by atoms with Crippen LogP contribution in [0.4, 0.5) is 0 Å². The van der Waals surface area contributed by atoms with E-state index in [1.165, 1.54) is 0 Å². The van der Waals surface area contributed by atoms with Crippen molar-refractivity contribution in [2.45, 2.75) is 172 Å². The summed E-state index contributed by atoms with van der Waals surface area (Å²) >= 11 is 0. The van der Waals surface area contributed by atoms with Crippen LogP contribution in [0.15, 0.2) is 29.2 Å².